The molecule has 74 valence electrons. The van der Waals surface area contributed by atoms with Gasteiger partial charge in [0, 0.05) is 6.26 Å². The van der Waals surface area contributed by atoms with E-state index < -0.39 is 16.5 Å². The Kier molecular flexibility index (Phi) is 3.46. The molecule has 1 atom stereocenters. The van der Waals surface area contributed by atoms with Gasteiger partial charge in [0.25, 0.3) is 0 Å². The van der Waals surface area contributed by atoms with E-state index in [-0.39, 0.29) is 0 Å². The van der Waals surface area contributed by atoms with Crippen LogP contribution >= 0.6 is 0 Å². The Balaban J connectivity index is 2.62. The van der Waals surface area contributed by atoms with E-state index in [0.29, 0.717) is 5.92 Å². The first kappa shape index (κ1) is 10.7. The first-order chi connectivity index (χ1) is 6.08. The van der Waals surface area contributed by atoms with Crippen molar-refractivity contribution in [3.05, 3.63) is 0 Å². The Labute approximate surface area is 82.1 Å². The third-order valence-corrected chi connectivity index (χ3v) is 3.36. The van der Waals surface area contributed by atoms with Gasteiger partial charge >= 0.3 is 0 Å². The Morgan fingerprint density at radius 1 is 1.54 bits per heavy atom. The normalized spacial score (nSPS) is 36.5. The molecule has 0 aromatic heterocycles. The highest BCUT2D eigenvalue weighted by Gasteiger charge is 2.34. The molecule has 3 nitrogen and oxygen atoms in total. The molecule has 1 N–H and O–H groups in total. The first-order valence-corrected chi connectivity index (χ1v) is 6.16. The summed E-state index contributed by atoms with van der Waals surface area (Å²) in [4.78, 5) is 0. The van der Waals surface area contributed by atoms with E-state index in [1.807, 2.05) is 0 Å². The maximum absolute atomic E-state index is 11.0. The standard InChI is InChI=1S/C9H16N2OS/c1-8-3-5-9(7-10,6-4-8)11-13(2)12/h8,11H,3-6H2,1-2H3. The fraction of sp³-hybridized carbons (Fsp3) is 0.889. The van der Waals surface area contributed by atoms with Crippen LogP contribution < -0.4 is 4.72 Å². The van der Waals surface area contributed by atoms with Crippen LogP contribution in [-0.2, 0) is 11.0 Å². The SMILES string of the molecule is CC1CCC(C#N)(NS(C)=O)CC1. The van der Waals surface area contributed by atoms with Gasteiger partial charge < -0.3 is 0 Å². The second-order valence-corrected chi connectivity index (χ2v) is 5.04. The second kappa shape index (κ2) is 4.21. The summed E-state index contributed by atoms with van der Waals surface area (Å²) in [6.07, 6.45) is 5.33. The third-order valence-electron chi connectivity index (χ3n) is 2.68. The fourth-order valence-electron chi connectivity index (χ4n) is 1.77. The number of hydrogen-bond donors (Lipinski definition) is 1. The van der Waals surface area contributed by atoms with E-state index in [4.69, 9.17) is 5.26 Å². The van der Waals surface area contributed by atoms with Crippen LogP contribution in [0.3, 0.4) is 0 Å². The van der Waals surface area contributed by atoms with Crippen LogP contribution in [0.4, 0.5) is 0 Å². The molecule has 0 bridgehead atoms. The number of nitriles is 1. The van der Waals surface area contributed by atoms with Crippen molar-refractivity contribution in [1.82, 2.24) is 4.72 Å². The van der Waals surface area contributed by atoms with Crippen LogP contribution in [-0.4, -0.2) is 16.0 Å². The van der Waals surface area contributed by atoms with Crippen LogP contribution in [0.15, 0.2) is 0 Å². The molecule has 0 spiro atoms. The summed E-state index contributed by atoms with van der Waals surface area (Å²) >= 11 is 0. The first-order valence-electron chi connectivity index (χ1n) is 4.60. The molecule has 0 aromatic rings. The zero-order valence-corrected chi connectivity index (χ0v) is 8.99. The van der Waals surface area contributed by atoms with Crippen LogP contribution in [0.1, 0.15) is 32.6 Å². The molecule has 0 heterocycles. The smallest absolute Gasteiger partial charge is 0.117 e. The van der Waals surface area contributed by atoms with Crippen LogP contribution in [0.25, 0.3) is 0 Å². The highest BCUT2D eigenvalue weighted by molar-refractivity contribution is 7.82. The van der Waals surface area contributed by atoms with Gasteiger partial charge in [-0.2, -0.15) is 5.26 Å². The van der Waals surface area contributed by atoms with Gasteiger partial charge in [0.05, 0.1) is 17.1 Å². The quantitative estimate of drug-likeness (QED) is 0.731. The largest absolute Gasteiger partial charge is 0.243 e. The highest BCUT2D eigenvalue weighted by Crippen LogP contribution is 2.31. The molecular formula is C9H16N2OS. The van der Waals surface area contributed by atoms with Crippen molar-refractivity contribution in [2.24, 2.45) is 5.92 Å². The molecule has 1 aliphatic carbocycles. The van der Waals surface area contributed by atoms with E-state index in [1.54, 1.807) is 6.26 Å². The molecule has 0 saturated heterocycles. The van der Waals surface area contributed by atoms with Crippen molar-refractivity contribution in [2.75, 3.05) is 6.26 Å². The van der Waals surface area contributed by atoms with Gasteiger partial charge in [-0.25, -0.2) is 8.93 Å². The zero-order valence-electron chi connectivity index (χ0n) is 8.17. The van der Waals surface area contributed by atoms with Crippen molar-refractivity contribution in [3.63, 3.8) is 0 Å². The Morgan fingerprint density at radius 2 is 2.08 bits per heavy atom. The lowest BCUT2D eigenvalue weighted by Crippen LogP contribution is -2.46. The van der Waals surface area contributed by atoms with Crippen molar-refractivity contribution >= 4 is 11.0 Å². The molecule has 4 heteroatoms. The number of nitrogens with zero attached hydrogens (tertiary/aromatic N) is 1. The van der Waals surface area contributed by atoms with Crippen LogP contribution in [0.5, 0.6) is 0 Å². The molecule has 13 heavy (non-hydrogen) atoms. The lowest BCUT2D eigenvalue weighted by molar-refractivity contribution is 0.281. The molecule has 0 radical (unpaired) electrons. The highest BCUT2D eigenvalue weighted by atomic mass is 32.2. The Bertz CT molecular complexity index is 238. The molecule has 1 unspecified atom stereocenters. The minimum Gasteiger partial charge on any atom is -0.243 e. The van der Waals surface area contributed by atoms with Crippen molar-refractivity contribution in [2.45, 2.75) is 38.1 Å². The summed E-state index contributed by atoms with van der Waals surface area (Å²) in [6.45, 7) is 2.20. The summed E-state index contributed by atoms with van der Waals surface area (Å²) in [6, 6.07) is 2.27. The summed E-state index contributed by atoms with van der Waals surface area (Å²) in [7, 11) is -1.09. The molecule has 1 aliphatic rings. The zero-order chi connectivity index (χ0) is 9.90. The van der Waals surface area contributed by atoms with Gasteiger partial charge in [-0.1, -0.05) is 6.92 Å². The maximum atomic E-state index is 11.0. The van der Waals surface area contributed by atoms with E-state index >= 15 is 0 Å². The van der Waals surface area contributed by atoms with Gasteiger partial charge in [-0.15, -0.1) is 0 Å². The van der Waals surface area contributed by atoms with Gasteiger partial charge in [0.2, 0.25) is 0 Å². The number of rotatable bonds is 2. The average Bonchev–Trinajstić information content (AvgIpc) is 2.09. The minimum absolute atomic E-state index is 0.522. The summed E-state index contributed by atoms with van der Waals surface area (Å²) in [5, 5.41) is 9.03. The molecule has 0 aromatic carbocycles. The monoisotopic (exact) mass is 200 g/mol. The average molecular weight is 200 g/mol. The van der Waals surface area contributed by atoms with Gasteiger partial charge in [0.15, 0.2) is 0 Å². The number of nitrogens with one attached hydrogen (secondary N) is 1. The predicted octanol–water partition coefficient (Wildman–Crippen LogP) is 1.34. The molecule has 1 saturated carbocycles. The lowest BCUT2D eigenvalue weighted by Gasteiger charge is -2.33. The second-order valence-electron chi connectivity index (χ2n) is 3.93. The molecule has 1 fully saturated rings. The maximum Gasteiger partial charge on any atom is 0.117 e. The van der Waals surface area contributed by atoms with Crippen molar-refractivity contribution in [3.8, 4) is 6.07 Å². The topological polar surface area (TPSA) is 52.9 Å². The van der Waals surface area contributed by atoms with Gasteiger partial charge in [-0.3, -0.25) is 0 Å². The van der Waals surface area contributed by atoms with Crippen LogP contribution in [0, 0.1) is 17.2 Å². The lowest BCUT2D eigenvalue weighted by atomic mass is 9.79. The predicted molar refractivity (Wildman–Crippen MR) is 53.2 cm³/mol. The summed E-state index contributed by atoms with van der Waals surface area (Å²) in [5.74, 6) is 0.702. The number of hydrogen-bond acceptors (Lipinski definition) is 2. The molecular weight excluding hydrogens is 184 g/mol. The minimum atomic E-state index is -1.09. The third kappa shape index (κ3) is 2.78. The van der Waals surface area contributed by atoms with Crippen molar-refractivity contribution < 1.29 is 4.21 Å². The summed E-state index contributed by atoms with van der Waals surface area (Å²) in [5.41, 5.74) is -0.522. The molecule has 0 amide bonds. The summed E-state index contributed by atoms with van der Waals surface area (Å²) < 4.78 is 13.9. The molecule has 1 rings (SSSR count). The van der Waals surface area contributed by atoms with Crippen LogP contribution in [0.2, 0.25) is 0 Å². The molecule has 0 aliphatic heterocycles. The van der Waals surface area contributed by atoms with E-state index in [1.165, 1.54) is 0 Å². The Morgan fingerprint density at radius 3 is 2.46 bits per heavy atom. The van der Waals surface area contributed by atoms with E-state index in [9.17, 15) is 4.21 Å². The van der Waals surface area contributed by atoms with Gasteiger partial charge in [0.1, 0.15) is 5.54 Å². The van der Waals surface area contributed by atoms with Crippen molar-refractivity contribution in [1.29, 1.82) is 5.26 Å². The Hall–Kier alpha value is -0.400. The van der Waals surface area contributed by atoms with E-state index in [0.717, 1.165) is 25.7 Å². The fourth-order valence-corrected chi connectivity index (χ4v) is 2.57. The van der Waals surface area contributed by atoms with E-state index in [2.05, 4.69) is 17.7 Å². The van der Waals surface area contributed by atoms with Gasteiger partial charge in [-0.05, 0) is 31.6 Å².